The SMILES string of the molecule is COCC(=O)N1C[C@H]2CN(CCOc3ccccc3)C[C@H]2[C@@H]1c1cccc(F)c1. The van der Waals surface area contributed by atoms with Crippen molar-refractivity contribution < 1.29 is 18.7 Å². The molecule has 0 saturated carbocycles. The van der Waals surface area contributed by atoms with Gasteiger partial charge in [0.25, 0.3) is 0 Å². The zero-order valence-corrected chi connectivity index (χ0v) is 16.7. The number of hydrogen-bond donors (Lipinski definition) is 0. The van der Waals surface area contributed by atoms with E-state index in [1.807, 2.05) is 41.3 Å². The summed E-state index contributed by atoms with van der Waals surface area (Å²) in [6.07, 6.45) is 0. The lowest BCUT2D eigenvalue weighted by atomic mass is 9.89. The molecule has 2 saturated heterocycles. The van der Waals surface area contributed by atoms with E-state index in [2.05, 4.69) is 4.90 Å². The van der Waals surface area contributed by atoms with E-state index in [9.17, 15) is 9.18 Å². The highest BCUT2D eigenvalue weighted by atomic mass is 19.1. The molecular weight excluding hydrogens is 371 g/mol. The Hall–Kier alpha value is -2.44. The predicted octanol–water partition coefficient (Wildman–Crippen LogP) is 2.98. The molecule has 0 bridgehead atoms. The summed E-state index contributed by atoms with van der Waals surface area (Å²) in [5, 5.41) is 0. The van der Waals surface area contributed by atoms with Crippen LogP contribution in [0.5, 0.6) is 5.75 Å². The van der Waals surface area contributed by atoms with Crippen molar-refractivity contribution in [1.82, 2.24) is 9.80 Å². The molecule has 2 aliphatic heterocycles. The molecule has 0 N–H and O–H groups in total. The minimum atomic E-state index is -0.267. The van der Waals surface area contributed by atoms with Crippen molar-refractivity contribution in [1.29, 1.82) is 0 Å². The summed E-state index contributed by atoms with van der Waals surface area (Å²) in [5.74, 6) is 1.24. The Labute approximate surface area is 171 Å². The summed E-state index contributed by atoms with van der Waals surface area (Å²) < 4.78 is 24.8. The van der Waals surface area contributed by atoms with Crippen molar-refractivity contribution in [3.05, 3.63) is 66.0 Å². The Bertz CT molecular complexity index is 832. The van der Waals surface area contributed by atoms with E-state index in [0.717, 1.165) is 30.9 Å². The number of para-hydroxylation sites is 1. The number of nitrogens with zero attached hydrogens (tertiary/aromatic N) is 2. The average Bonchev–Trinajstić information content (AvgIpc) is 3.26. The topological polar surface area (TPSA) is 42.0 Å². The van der Waals surface area contributed by atoms with Gasteiger partial charge in [0, 0.05) is 39.2 Å². The third-order valence-corrected chi connectivity index (χ3v) is 5.94. The summed E-state index contributed by atoms with van der Waals surface area (Å²) in [6, 6.07) is 16.3. The molecule has 0 aliphatic carbocycles. The molecular formula is C23H27FN2O3. The molecule has 0 radical (unpaired) electrons. The molecule has 2 aromatic rings. The number of benzene rings is 2. The second-order valence-electron chi connectivity index (χ2n) is 7.82. The number of ether oxygens (including phenoxy) is 2. The van der Waals surface area contributed by atoms with Gasteiger partial charge in [0.05, 0.1) is 6.04 Å². The van der Waals surface area contributed by atoms with E-state index >= 15 is 0 Å². The van der Waals surface area contributed by atoms with Crippen LogP contribution < -0.4 is 4.74 Å². The minimum Gasteiger partial charge on any atom is -0.492 e. The molecule has 6 heteroatoms. The van der Waals surface area contributed by atoms with E-state index in [-0.39, 0.29) is 30.3 Å². The first-order valence-corrected chi connectivity index (χ1v) is 10.1. The molecule has 2 aromatic carbocycles. The van der Waals surface area contributed by atoms with Gasteiger partial charge in [-0.25, -0.2) is 4.39 Å². The van der Waals surface area contributed by atoms with Crippen molar-refractivity contribution in [3.8, 4) is 5.75 Å². The van der Waals surface area contributed by atoms with Crippen LogP contribution >= 0.6 is 0 Å². The molecule has 29 heavy (non-hydrogen) atoms. The lowest BCUT2D eigenvalue weighted by Crippen LogP contribution is -2.38. The Morgan fingerprint density at radius 2 is 1.93 bits per heavy atom. The van der Waals surface area contributed by atoms with Crippen molar-refractivity contribution in [2.45, 2.75) is 6.04 Å². The van der Waals surface area contributed by atoms with Crippen molar-refractivity contribution in [2.24, 2.45) is 11.8 Å². The van der Waals surface area contributed by atoms with Crippen LogP contribution in [0.3, 0.4) is 0 Å². The van der Waals surface area contributed by atoms with Gasteiger partial charge in [-0.3, -0.25) is 9.69 Å². The number of halogens is 1. The molecule has 0 spiro atoms. The number of methoxy groups -OCH3 is 1. The molecule has 2 heterocycles. The molecule has 5 nitrogen and oxygen atoms in total. The van der Waals surface area contributed by atoms with Crippen LogP contribution in [0.25, 0.3) is 0 Å². The van der Waals surface area contributed by atoms with Crippen molar-refractivity contribution in [3.63, 3.8) is 0 Å². The quantitative estimate of drug-likeness (QED) is 0.719. The van der Waals surface area contributed by atoms with Crippen LogP contribution in [0, 0.1) is 17.7 Å². The molecule has 0 aromatic heterocycles. The molecule has 4 rings (SSSR count). The van der Waals surface area contributed by atoms with Gasteiger partial charge in [-0.1, -0.05) is 30.3 Å². The summed E-state index contributed by atoms with van der Waals surface area (Å²) in [5.41, 5.74) is 0.865. The Morgan fingerprint density at radius 3 is 2.69 bits per heavy atom. The second kappa shape index (κ2) is 8.93. The zero-order valence-electron chi connectivity index (χ0n) is 16.7. The number of likely N-dealkylation sites (tertiary alicyclic amines) is 2. The number of carbonyl (C=O) groups excluding carboxylic acids is 1. The Kier molecular flexibility index (Phi) is 6.11. The summed E-state index contributed by atoms with van der Waals surface area (Å²) in [7, 11) is 1.53. The molecule has 3 atom stereocenters. The summed E-state index contributed by atoms with van der Waals surface area (Å²) in [4.78, 5) is 16.9. The van der Waals surface area contributed by atoms with Gasteiger partial charge in [0.1, 0.15) is 24.8 Å². The zero-order chi connectivity index (χ0) is 20.2. The Balaban J connectivity index is 1.43. The van der Waals surface area contributed by atoms with Crippen LogP contribution in [0.2, 0.25) is 0 Å². The molecule has 2 aliphatic rings. The minimum absolute atomic E-state index is 0.0323. The number of amides is 1. The number of fused-ring (bicyclic) bond motifs is 1. The van der Waals surface area contributed by atoms with Crippen LogP contribution in [-0.4, -0.2) is 62.2 Å². The highest BCUT2D eigenvalue weighted by molar-refractivity contribution is 5.78. The van der Waals surface area contributed by atoms with Gasteiger partial charge in [0.2, 0.25) is 5.91 Å². The van der Waals surface area contributed by atoms with E-state index in [1.54, 1.807) is 12.1 Å². The fourth-order valence-electron chi connectivity index (χ4n) is 4.71. The largest absolute Gasteiger partial charge is 0.492 e. The standard InChI is InChI=1S/C23H27FN2O3/c1-28-16-22(27)26-14-18-13-25(10-11-29-20-8-3-2-4-9-20)15-21(18)23(26)17-6-5-7-19(24)12-17/h2-9,12,18,21,23H,10-11,13-16H2,1H3/t18-,21-,23+/m1/s1. The van der Waals surface area contributed by atoms with E-state index in [1.165, 1.54) is 13.2 Å². The molecule has 154 valence electrons. The highest BCUT2D eigenvalue weighted by Crippen LogP contribution is 2.45. The second-order valence-corrected chi connectivity index (χ2v) is 7.82. The first-order chi connectivity index (χ1) is 14.2. The van der Waals surface area contributed by atoms with Crippen molar-refractivity contribution in [2.75, 3.05) is 46.5 Å². The molecule has 2 fully saturated rings. The average molecular weight is 398 g/mol. The van der Waals surface area contributed by atoms with Crippen molar-refractivity contribution >= 4 is 5.91 Å². The predicted molar refractivity (Wildman–Crippen MR) is 108 cm³/mol. The first-order valence-electron chi connectivity index (χ1n) is 10.1. The number of rotatable bonds is 7. The van der Waals surface area contributed by atoms with Gasteiger partial charge in [-0.05, 0) is 35.7 Å². The van der Waals surface area contributed by atoms with Crippen LogP contribution in [0.15, 0.2) is 54.6 Å². The van der Waals surface area contributed by atoms with Gasteiger partial charge < -0.3 is 14.4 Å². The number of hydrogen-bond acceptors (Lipinski definition) is 4. The van der Waals surface area contributed by atoms with Gasteiger partial charge in [0.15, 0.2) is 0 Å². The van der Waals surface area contributed by atoms with Crippen LogP contribution in [0.1, 0.15) is 11.6 Å². The molecule has 0 unspecified atom stereocenters. The maximum absolute atomic E-state index is 13.9. The first kappa shape index (κ1) is 19.9. The van der Waals surface area contributed by atoms with Gasteiger partial charge in [-0.2, -0.15) is 0 Å². The van der Waals surface area contributed by atoms with Crippen LogP contribution in [-0.2, 0) is 9.53 Å². The Morgan fingerprint density at radius 1 is 1.10 bits per heavy atom. The summed E-state index contributed by atoms with van der Waals surface area (Å²) in [6.45, 7) is 4.00. The molecule has 1 amide bonds. The lowest BCUT2D eigenvalue weighted by molar-refractivity contribution is -0.136. The smallest absolute Gasteiger partial charge is 0.249 e. The highest BCUT2D eigenvalue weighted by Gasteiger charge is 2.48. The van der Waals surface area contributed by atoms with Gasteiger partial charge in [-0.15, -0.1) is 0 Å². The third-order valence-electron chi connectivity index (χ3n) is 5.94. The lowest BCUT2D eigenvalue weighted by Gasteiger charge is -2.30. The number of carbonyl (C=O) groups is 1. The summed E-state index contributed by atoms with van der Waals surface area (Å²) >= 11 is 0. The monoisotopic (exact) mass is 398 g/mol. The van der Waals surface area contributed by atoms with E-state index in [4.69, 9.17) is 9.47 Å². The van der Waals surface area contributed by atoms with E-state index in [0.29, 0.717) is 19.1 Å². The van der Waals surface area contributed by atoms with E-state index < -0.39 is 0 Å². The maximum atomic E-state index is 13.9. The maximum Gasteiger partial charge on any atom is 0.249 e. The normalized spacial score (nSPS) is 23.9. The van der Waals surface area contributed by atoms with Gasteiger partial charge >= 0.3 is 0 Å². The van der Waals surface area contributed by atoms with Crippen LogP contribution in [0.4, 0.5) is 4.39 Å². The fraction of sp³-hybridized carbons (Fsp3) is 0.435. The third kappa shape index (κ3) is 4.43. The fourth-order valence-corrected chi connectivity index (χ4v) is 4.71.